The first-order chi connectivity index (χ1) is 14.1. The number of anilines is 2. The van der Waals surface area contributed by atoms with Gasteiger partial charge < -0.3 is 15.4 Å². The topological polar surface area (TPSA) is 97.4 Å². The number of nitrogens with zero attached hydrogens (tertiary/aromatic N) is 1. The summed E-state index contributed by atoms with van der Waals surface area (Å²) >= 11 is 0. The van der Waals surface area contributed by atoms with Gasteiger partial charge in [0.1, 0.15) is 0 Å². The van der Waals surface area contributed by atoms with E-state index in [0.29, 0.717) is 23.3 Å². The summed E-state index contributed by atoms with van der Waals surface area (Å²) in [5, 5.41) is 6.54. The number of carbonyl (C=O) groups excluding carboxylic acids is 3. The Hall–Kier alpha value is -3.74. The molecule has 2 unspecified atom stereocenters. The van der Waals surface area contributed by atoms with Crippen LogP contribution in [-0.2, 0) is 14.3 Å². The van der Waals surface area contributed by atoms with Gasteiger partial charge in [0.2, 0.25) is 11.8 Å². The normalized spacial score (nSPS) is 17.4. The zero-order chi connectivity index (χ0) is 20.4. The Morgan fingerprint density at radius 3 is 2.31 bits per heavy atom. The molecule has 1 aromatic heterocycles. The molecule has 2 amide bonds. The molecule has 2 N–H and O–H groups in total. The van der Waals surface area contributed by atoms with Crippen molar-refractivity contribution in [1.29, 1.82) is 0 Å². The second-order valence-corrected chi connectivity index (χ2v) is 6.85. The minimum atomic E-state index is -0.533. The van der Waals surface area contributed by atoms with Crippen molar-refractivity contribution in [2.75, 3.05) is 17.7 Å². The van der Waals surface area contributed by atoms with Crippen LogP contribution in [0, 0.1) is 11.8 Å². The van der Waals surface area contributed by atoms with Crippen LogP contribution in [0.2, 0.25) is 0 Å². The van der Waals surface area contributed by atoms with Crippen molar-refractivity contribution in [3.8, 4) is 0 Å². The number of hydrogen-bond donors (Lipinski definition) is 2. The third-order valence-corrected chi connectivity index (χ3v) is 4.94. The van der Waals surface area contributed by atoms with E-state index in [0.717, 1.165) is 5.39 Å². The Balaban J connectivity index is 1.43. The number of aromatic nitrogens is 1. The summed E-state index contributed by atoms with van der Waals surface area (Å²) in [5.41, 5.74) is 1.97. The van der Waals surface area contributed by atoms with Gasteiger partial charge in [-0.25, -0.2) is 4.79 Å². The highest BCUT2D eigenvalue weighted by atomic mass is 16.5. The number of fused-ring (bicyclic) bond motifs is 1. The van der Waals surface area contributed by atoms with Crippen LogP contribution in [0.5, 0.6) is 0 Å². The predicted molar refractivity (Wildman–Crippen MR) is 108 cm³/mol. The zero-order valence-corrected chi connectivity index (χ0v) is 15.7. The Labute approximate surface area is 167 Å². The van der Waals surface area contributed by atoms with Gasteiger partial charge in [-0.05, 0) is 30.7 Å². The van der Waals surface area contributed by atoms with Gasteiger partial charge in [0.15, 0.2) is 0 Å². The van der Waals surface area contributed by atoms with Crippen LogP contribution in [0.4, 0.5) is 11.4 Å². The molecule has 1 aliphatic carbocycles. The average Bonchev–Trinajstić information content (AvgIpc) is 3.55. The number of esters is 1. The van der Waals surface area contributed by atoms with Crippen molar-refractivity contribution in [1.82, 2.24) is 4.98 Å². The molecule has 3 aromatic rings. The number of rotatable bonds is 5. The van der Waals surface area contributed by atoms with Crippen molar-refractivity contribution in [2.45, 2.75) is 6.42 Å². The highest BCUT2D eigenvalue weighted by molar-refractivity contribution is 6.07. The van der Waals surface area contributed by atoms with E-state index >= 15 is 0 Å². The lowest BCUT2D eigenvalue weighted by Crippen LogP contribution is -2.21. The molecule has 7 heteroatoms. The number of methoxy groups -OCH3 is 1. The van der Waals surface area contributed by atoms with Gasteiger partial charge >= 0.3 is 5.97 Å². The van der Waals surface area contributed by atoms with Crippen LogP contribution in [-0.4, -0.2) is 29.9 Å². The first kappa shape index (κ1) is 18.6. The van der Waals surface area contributed by atoms with E-state index in [4.69, 9.17) is 4.74 Å². The van der Waals surface area contributed by atoms with Crippen molar-refractivity contribution in [3.63, 3.8) is 0 Å². The zero-order valence-electron chi connectivity index (χ0n) is 15.7. The highest BCUT2D eigenvalue weighted by Gasteiger charge is 2.48. The number of amides is 2. The van der Waals surface area contributed by atoms with Crippen molar-refractivity contribution in [3.05, 3.63) is 66.4 Å². The maximum absolute atomic E-state index is 12.6. The first-order valence-electron chi connectivity index (χ1n) is 9.21. The van der Waals surface area contributed by atoms with Gasteiger partial charge in [-0.3, -0.25) is 14.6 Å². The number of pyridine rings is 1. The number of para-hydroxylation sites is 2. The second-order valence-electron chi connectivity index (χ2n) is 6.85. The minimum absolute atomic E-state index is 0.218. The Kier molecular flexibility index (Phi) is 4.95. The fourth-order valence-corrected chi connectivity index (χ4v) is 3.31. The summed E-state index contributed by atoms with van der Waals surface area (Å²) in [7, 11) is 1.28. The third kappa shape index (κ3) is 3.80. The number of nitrogens with one attached hydrogen (secondary N) is 2. The number of benzene rings is 2. The molecule has 2 atom stereocenters. The fraction of sp³-hybridized carbons (Fsp3) is 0.182. The summed E-state index contributed by atoms with van der Waals surface area (Å²) in [4.78, 5) is 41.3. The fourth-order valence-electron chi connectivity index (χ4n) is 3.31. The molecule has 0 saturated heterocycles. The molecule has 4 rings (SSSR count). The lowest BCUT2D eigenvalue weighted by atomic mass is 10.1. The maximum atomic E-state index is 12.6. The van der Waals surface area contributed by atoms with Gasteiger partial charge in [-0.15, -0.1) is 0 Å². The lowest BCUT2D eigenvalue weighted by molar-refractivity contribution is -0.122. The van der Waals surface area contributed by atoms with Crippen LogP contribution in [0.1, 0.15) is 16.8 Å². The van der Waals surface area contributed by atoms with E-state index < -0.39 is 17.8 Å². The largest absolute Gasteiger partial charge is 0.465 e. The molecule has 1 fully saturated rings. The highest BCUT2D eigenvalue weighted by Crippen LogP contribution is 2.40. The first-order valence-corrected chi connectivity index (χ1v) is 9.21. The summed E-state index contributed by atoms with van der Waals surface area (Å²) in [6.07, 6.45) is 2.13. The average molecular weight is 389 g/mol. The lowest BCUT2D eigenvalue weighted by Gasteiger charge is -2.10. The molecule has 0 aliphatic heterocycles. The molecule has 29 heavy (non-hydrogen) atoms. The van der Waals surface area contributed by atoms with E-state index in [2.05, 4.69) is 15.6 Å². The molecule has 0 radical (unpaired) electrons. The molecule has 0 spiro atoms. The van der Waals surface area contributed by atoms with Crippen molar-refractivity contribution < 1.29 is 19.1 Å². The second kappa shape index (κ2) is 7.71. The van der Waals surface area contributed by atoms with Crippen molar-refractivity contribution in [2.24, 2.45) is 11.8 Å². The Bertz CT molecular complexity index is 1110. The van der Waals surface area contributed by atoms with Gasteiger partial charge in [0.25, 0.3) is 0 Å². The third-order valence-electron chi connectivity index (χ3n) is 4.94. The van der Waals surface area contributed by atoms with Gasteiger partial charge in [0, 0.05) is 11.6 Å². The number of hydrogen-bond acceptors (Lipinski definition) is 5. The molecule has 1 heterocycles. The summed E-state index contributed by atoms with van der Waals surface area (Å²) < 4.78 is 4.74. The van der Waals surface area contributed by atoms with E-state index in [1.54, 1.807) is 36.5 Å². The molecule has 1 saturated carbocycles. The van der Waals surface area contributed by atoms with Gasteiger partial charge in [-0.2, -0.15) is 0 Å². The molecule has 2 aromatic carbocycles. The minimum Gasteiger partial charge on any atom is -0.465 e. The van der Waals surface area contributed by atoms with Crippen LogP contribution >= 0.6 is 0 Å². The van der Waals surface area contributed by atoms with Crippen LogP contribution in [0.3, 0.4) is 0 Å². The monoisotopic (exact) mass is 389 g/mol. The van der Waals surface area contributed by atoms with Gasteiger partial charge in [0.05, 0.1) is 41.4 Å². The SMILES string of the molecule is COC(=O)c1ccccc1NC(=O)C1CC1C(=O)Nc1cccc2cccnc12. The molecule has 7 nitrogen and oxygen atoms in total. The van der Waals surface area contributed by atoms with Gasteiger partial charge in [-0.1, -0.05) is 30.3 Å². The number of ether oxygens (including phenoxy) is 1. The molecule has 0 bridgehead atoms. The van der Waals surface area contributed by atoms with Crippen LogP contribution < -0.4 is 10.6 Å². The molecular formula is C22H19N3O4. The molecular weight excluding hydrogens is 370 g/mol. The predicted octanol–water partition coefficient (Wildman–Crippen LogP) is 3.23. The standard InChI is InChI=1S/C22H19N3O4/c1-29-22(28)14-8-2-3-9-17(14)24-20(26)15-12-16(15)21(27)25-18-10-4-6-13-7-5-11-23-19(13)18/h2-11,15-16H,12H2,1H3,(H,24,26)(H,25,27). The maximum Gasteiger partial charge on any atom is 0.339 e. The smallest absolute Gasteiger partial charge is 0.339 e. The van der Waals surface area contributed by atoms with E-state index in [-0.39, 0.29) is 17.4 Å². The van der Waals surface area contributed by atoms with E-state index in [1.807, 2.05) is 24.3 Å². The number of carbonyl (C=O) groups is 3. The quantitative estimate of drug-likeness (QED) is 0.653. The summed E-state index contributed by atoms with van der Waals surface area (Å²) in [5.74, 6) is -1.90. The Morgan fingerprint density at radius 2 is 1.55 bits per heavy atom. The van der Waals surface area contributed by atoms with Crippen LogP contribution in [0.15, 0.2) is 60.8 Å². The van der Waals surface area contributed by atoms with E-state index in [9.17, 15) is 14.4 Å². The van der Waals surface area contributed by atoms with Crippen molar-refractivity contribution >= 4 is 40.1 Å². The molecule has 146 valence electrons. The summed E-state index contributed by atoms with van der Waals surface area (Å²) in [6.45, 7) is 0. The van der Waals surface area contributed by atoms with E-state index in [1.165, 1.54) is 7.11 Å². The van der Waals surface area contributed by atoms with Crippen LogP contribution in [0.25, 0.3) is 10.9 Å². The molecule has 1 aliphatic rings. The Morgan fingerprint density at radius 1 is 0.897 bits per heavy atom. The summed E-state index contributed by atoms with van der Waals surface area (Å²) in [6, 6.07) is 15.9.